The van der Waals surface area contributed by atoms with Crippen molar-refractivity contribution >= 4 is 17.6 Å². The Hall–Kier alpha value is -2.04. The van der Waals surface area contributed by atoms with E-state index in [1.807, 2.05) is 13.8 Å². The van der Waals surface area contributed by atoms with Gasteiger partial charge in [0.25, 0.3) is 5.91 Å². The highest BCUT2D eigenvalue weighted by Gasteiger charge is 2.07. The van der Waals surface area contributed by atoms with Gasteiger partial charge in [0.2, 0.25) is 0 Å². The van der Waals surface area contributed by atoms with E-state index in [0.717, 1.165) is 19.3 Å². The lowest BCUT2D eigenvalue weighted by atomic mass is 10.2. The van der Waals surface area contributed by atoms with E-state index in [-0.39, 0.29) is 18.0 Å². The molecule has 0 aliphatic carbocycles. The number of anilines is 1. The van der Waals surface area contributed by atoms with E-state index in [4.69, 9.17) is 0 Å². The highest BCUT2D eigenvalue weighted by Crippen LogP contribution is 2.09. The third-order valence-electron chi connectivity index (χ3n) is 2.89. The molecule has 5 heteroatoms. The van der Waals surface area contributed by atoms with Crippen LogP contribution in [0.2, 0.25) is 0 Å². The summed E-state index contributed by atoms with van der Waals surface area (Å²) in [6, 6.07) is 6.73. The van der Waals surface area contributed by atoms with E-state index in [9.17, 15) is 9.59 Å². The Morgan fingerprint density at radius 3 is 2.33 bits per heavy atom. The summed E-state index contributed by atoms with van der Waals surface area (Å²) in [5.41, 5.74) is 1.25. The van der Waals surface area contributed by atoms with Crippen molar-refractivity contribution in [3.05, 3.63) is 29.8 Å². The zero-order valence-corrected chi connectivity index (χ0v) is 13.0. The van der Waals surface area contributed by atoms with Crippen molar-refractivity contribution in [1.82, 2.24) is 10.6 Å². The minimum Gasteiger partial charge on any atom is -0.350 e. The fourth-order valence-electron chi connectivity index (χ4n) is 1.80. The molecule has 0 saturated heterocycles. The van der Waals surface area contributed by atoms with Gasteiger partial charge < -0.3 is 16.0 Å². The molecule has 0 fully saturated rings. The lowest BCUT2D eigenvalue weighted by molar-refractivity contribution is 0.0943. The van der Waals surface area contributed by atoms with Gasteiger partial charge in [-0.2, -0.15) is 0 Å². The first-order valence-corrected chi connectivity index (χ1v) is 7.48. The van der Waals surface area contributed by atoms with Crippen molar-refractivity contribution in [3.63, 3.8) is 0 Å². The summed E-state index contributed by atoms with van der Waals surface area (Å²) in [5.74, 6) is -0.111. The molecule has 1 aromatic carbocycles. The number of urea groups is 1. The summed E-state index contributed by atoms with van der Waals surface area (Å²) >= 11 is 0. The summed E-state index contributed by atoms with van der Waals surface area (Å²) in [5, 5.41) is 8.36. The molecule has 116 valence electrons. The topological polar surface area (TPSA) is 70.2 Å². The Balaban J connectivity index is 2.43. The maximum Gasteiger partial charge on any atom is 0.319 e. The number of benzene rings is 1. The van der Waals surface area contributed by atoms with Crippen molar-refractivity contribution in [1.29, 1.82) is 0 Å². The lowest BCUT2D eigenvalue weighted by Crippen LogP contribution is -2.30. The summed E-state index contributed by atoms with van der Waals surface area (Å²) in [4.78, 5) is 23.4. The van der Waals surface area contributed by atoms with Gasteiger partial charge in [0.1, 0.15) is 0 Å². The fraction of sp³-hybridized carbons (Fsp3) is 0.500. The normalized spacial score (nSPS) is 10.3. The third kappa shape index (κ3) is 6.79. The minimum absolute atomic E-state index is 0.101. The predicted octanol–water partition coefficient (Wildman–Crippen LogP) is 3.14. The first-order valence-electron chi connectivity index (χ1n) is 7.48. The second-order valence-corrected chi connectivity index (χ2v) is 5.29. The molecular formula is C16H25N3O2. The molecule has 0 radical (unpaired) electrons. The molecule has 0 saturated carbocycles. The average Bonchev–Trinajstić information content (AvgIpc) is 2.43. The molecule has 1 rings (SSSR count). The van der Waals surface area contributed by atoms with Crippen LogP contribution in [0.25, 0.3) is 0 Å². The van der Waals surface area contributed by atoms with Crippen molar-refractivity contribution in [3.8, 4) is 0 Å². The lowest BCUT2D eigenvalue weighted by Gasteiger charge is -2.10. The maximum absolute atomic E-state index is 11.8. The van der Waals surface area contributed by atoms with Gasteiger partial charge >= 0.3 is 6.03 Å². The van der Waals surface area contributed by atoms with Crippen LogP contribution in [0, 0.1) is 0 Å². The van der Waals surface area contributed by atoms with Crippen LogP contribution in [-0.2, 0) is 0 Å². The molecule has 0 atom stereocenters. The molecule has 21 heavy (non-hydrogen) atoms. The number of rotatable bonds is 7. The molecule has 0 aliphatic heterocycles. The van der Waals surface area contributed by atoms with Gasteiger partial charge in [0, 0.05) is 23.8 Å². The second kappa shape index (κ2) is 9.00. The zero-order chi connectivity index (χ0) is 15.7. The molecule has 1 aromatic rings. The Labute approximate surface area is 126 Å². The van der Waals surface area contributed by atoms with Crippen molar-refractivity contribution in [2.75, 3.05) is 11.9 Å². The van der Waals surface area contributed by atoms with Crippen LogP contribution >= 0.6 is 0 Å². The van der Waals surface area contributed by atoms with Crippen LogP contribution in [0.15, 0.2) is 24.3 Å². The van der Waals surface area contributed by atoms with Crippen LogP contribution in [0.3, 0.4) is 0 Å². The van der Waals surface area contributed by atoms with Gasteiger partial charge in [-0.3, -0.25) is 4.79 Å². The number of carbonyl (C=O) groups is 2. The van der Waals surface area contributed by atoms with Gasteiger partial charge in [-0.1, -0.05) is 19.8 Å². The molecule has 0 bridgehead atoms. The predicted molar refractivity (Wildman–Crippen MR) is 85.6 cm³/mol. The number of amides is 3. The summed E-state index contributed by atoms with van der Waals surface area (Å²) < 4.78 is 0. The van der Waals surface area contributed by atoms with Crippen molar-refractivity contribution < 1.29 is 9.59 Å². The molecule has 0 heterocycles. The molecule has 3 N–H and O–H groups in total. The largest absolute Gasteiger partial charge is 0.350 e. The Kier molecular flexibility index (Phi) is 7.29. The second-order valence-electron chi connectivity index (χ2n) is 5.29. The van der Waals surface area contributed by atoms with Crippen molar-refractivity contribution in [2.24, 2.45) is 0 Å². The summed E-state index contributed by atoms with van der Waals surface area (Å²) in [6.45, 7) is 6.62. The first kappa shape index (κ1) is 17.0. The monoisotopic (exact) mass is 291 g/mol. The van der Waals surface area contributed by atoms with E-state index < -0.39 is 0 Å². The maximum atomic E-state index is 11.8. The SMILES string of the molecule is CCCCCNC(=O)Nc1ccc(C(=O)NC(C)C)cc1. The molecule has 0 aliphatic rings. The van der Waals surface area contributed by atoms with E-state index in [2.05, 4.69) is 22.9 Å². The van der Waals surface area contributed by atoms with Crippen LogP contribution in [0.1, 0.15) is 50.4 Å². The average molecular weight is 291 g/mol. The third-order valence-corrected chi connectivity index (χ3v) is 2.89. The van der Waals surface area contributed by atoms with Gasteiger partial charge in [-0.05, 0) is 44.5 Å². The van der Waals surface area contributed by atoms with Gasteiger partial charge in [0.15, 0.2) is 0 Å². The molecule has 0 unspecified atom stereocenters. The molecule has 0 spiro atoms. The number of carbonyl (C=O) groups excluding carboxylic acids is 2. The summed E-state index contributed by atoms with van der Waals surface area (Å²) in [7, 11) is 0. The molecule has 5 nitrogen and oxygen atoms in total. The number of unbranched alkanes of at least 4 members (excludes halogenated alkanes) is 2. The fourth-order valence-corrected chi connectivity index (χ4v) is 1.80. The first-order chi connectivity index (χ1) is 10.0. The minimum atomic E-state index is -0.217. The van der Waals surface area contributed by atoms with Crippen LogP contribution in [0.5, 0.6) is 0 Å². The van der Waals surface area contributed by atoms with Crippen LogP contribution < -0.4 is 16.0 Å². The highest BCUT2D eigenvalue weighted by molar-refractivity contribution is 5.95. The molecule has 3 amide bonds. The van der Waals surface area contributed by atoms with Crippen LogP contribution in [-0.4, -0.2) is 24.5 Å². The van der Waals surface area contributed by atoms with Gasteiger partial charge in [0.05, 0.1) is 0 Å². The van der Waals surface area contributed by atoms with E-state index in [1.54, 1.807) is 24.3 Å². The van der Waals surface area contributed by atoms with Gasteiger partial charge in [-0.15, -0.1) is 0 Å². The van der Waals surface area contributed by atoms with E-state index >= 15 is 0 Å². The molecular weight excluding hydrogens is 266 g/mol. The Morgan fingerprint density at radius 2 is 1.76 bits per heavy atom. The molecule has 0 aromatic heterocycles. The number of nitrogens with one attached hydrogen (secondary N) is 3. The number of hydrogen-bond donors (Lipinski definition) is 3. The quantitative estimate of drug-likeness (QED) is 0.675. The van der Waals surface area contributed by atoms with Crippen LogP contribution in [0.4, 0.5) is 10.5 Å². The zero-order valence-electron chi connectivity index (χ0n) is 13.0. The van der Waals surface area contributed by atoms with Crippen molar-refractivity contribution in [2.45, 2.75) is 46.1 Å². The highest BCUT2D eigenvalue weighted by atomic mass is 16.2. The standard InChI is InChI=1S/C16H25N3O2/c1-4-5-6-11-17-16(21)19-14-9-7-13(8-10-14)15(20)18-12(2)3/h7-10,12H,4-6,11H2,1-3H3,(H,18,20)(H2,17,19,21). The Bertz CT molecular complexity index is 455. The number of hydrogen-bond acceptors (Lipinski definition) is 2. The Morgan fingerprint density at radius 1 is 1.10 bits per heavy atom. The smallest absolute Gasteiger partial charge is 0.319 e. The van der Waals surface area contributed by atoms with E-state index in [0.29, 0.717) is 17.8 Å². The van der Waals surface area contributed by atoms with E-state index in [1.165, 1.54) is 0 Å². The van der Waals surface area contributed by atoms with Gasteiger partial charge in [-0.25, -0.2) is 4.79 Å². The summed E-state index contributed by atoms with van der Waals surface area (Å²) in [6.07, 6.45) is 3.22.